The number of thiophene rings is 1. The number of aromatic amines is 2. The molecule has 0 aliphatic heterocycles. The first-order valence-electron chi connectivity index (χ1n) is 8.01. The van der Waals surface area contributed by atoms with Gasteiger partial charge in [-0.15, -0.1) is 11.3 Å². The molecule has 3 N–H and O–H groups in total. The highest BCUT2D eigenvalue weighted by atomic mass is 32.1. The Morgan fingerprint density at radius 3 is 2.77 bits per heavy atom. The van der Waals surface area contributed by atoms with Gasteiger partial charge in [-0.2, -0.15) is 0 Å². The first kappa shape index (κ1) is 17.8. The van der Waals surface area contributed by atoms with Crippen LogP contribution in [0.4, 0.5) is 0 Å². The maximum absolute atomic E-state index is 12.4. The van der Waals surface area contributed by atoms with Crippen molar-refractivity contribution in [2.24, 2.45) is 0 Å². The fourth-order valence-electron chi connectivity index (χ4n) is 2.58. The molecule has 0 atom stereocenters. The molecule has 0 spiro atoms. The van der Waals surface area contributed by atoms with E-state index in [2.05, 4.69) is 20.4 Å². The largest absolute Gasteiger partial charge is 0.325 e. The second kappa shape index (κ2) is 7.08. The third kappa shape index (κ3) is 3.49. The predicted molar refractivity (Wildman–Crippen MR) is 98.4 cm³/mol. The highest BCUT2D eigenvalue weighted by Gasteiger charge is 2.12. The van der Waals surface area contributed by atoms with Crippen LogP contribution < -0.4 is 22.2 Å². The van der Waals surface area contributed by atoms with Gasteiger partial charge in [-0.25, -0.2) is 14.5 Å². The zero-order chi connectivity index (χ0) is 18.8. The van der Waals surface area contributed by atoms with E-state index in [-0.39, 0.29) is 18.4 Å². The van der Waals surface area contributed by atoms with Crippen molar-refractivity contribution in [1.29, 1.82) is 0 Å². The Bertz CT molecular complexity index is 1150. The van der Waals surface area contributed by atoms with E-state index in [1.54, 1.807) is 13.0 Å². The quantitative estimate of drug-likeness (QED) is 0.595. The summed E-state index contributed by atoms with van der Waals surface area (Å²) in [6.45, 7) is 3.58. The molecule has 0 saturated carbocycles. The number of nitrogens with one attached hydrogen (secondary N) is 3. The Balaban J connectivity index is 1.75. The summed E-state index contributed by atoms with van der Waals surface area (Å²) in [6.07, 6.45) is 2.19. The van der Waals surface area contributed by atoms with E-state index in [1.807, 2.05) is 6.92 Å². The highest BCUT2D eigenvalue weighted by molar-refractivity contribution is 7.18. The number of carbonyl (C=O) groups excluding carboxylic acids is 1. The molecular weight excluding hydrogens is 358 g/mol. The van der Waals surface area contributed by atoms with Crippen molar-refractivity contribution in [2.75, 3.05) is 5.43 Å². The first-order chi connectivity index (χ1) is 12.4. The van der Waals surface area contributed by atoms with Crippen LogP contribution in [0.25, 0.3) is 10.2 Å². The molecule has 3 aromatic heterocycles. The van der Waals surface area contributed by atoms with Crippen LogP contribution in [0.2, 0.25) is 0 Å². The lowest BCUT2D eigenvalue weighted by molar-refractivity contribution is -0.117. The van der Waals surface area contributed by atoms with Gasteiger partial charge in [0, 0.05) is 22.6 Å². The molecule has 0 aromatic carbocycles. The molecule has 0 radical (unpaired) electrons. The number of hydrogen-bond acceptors (Lipinski definition) is 6. The molecule has 0 aliphatic carbocycles. The lowest BCUT2D eigenvalue weighted by Gasteiger charge is -2.08. The number of aryl methyl sites for hydroxylation is 2. The van der Waals surface area contributed by atoms with E-state index in [9.17, 15) is 19.2 Å². The van der Waals surface area contributed by atoms with Crippen molar-refractivity contribution < 1.29 is 4.79 Å². The fourth-order valence-corrected chi connectivity index (χ4v) is 3.51. The third-order valence-electron chi connectivity index (χ3n) is 3.95. The van der Waals surface area contributed by atoms with Crippen molar-refractivity contribution in [1.82, 2.24) is 19.6 Å². The van der Waals surface area contributed by atoms with Crippen LogP contribution in [0.1, 0.15) is 29.5 Å². The summed E-state index contributed by atoms with van der Waals surface area (Å²) in [5.41, 5.74) is 1.75. The Labute approximate surface area is 150 Å². The van der Waals surface area contributed by atoms with Gasteiger partial charge in [-0.05, 0) is 25.8 Å². The summed E-state index contributed by atoms with van der Waals surface area (Å²) < 4.78 is 1.04. The molecule has 0 unspecified atom stereocenters. The van der Waals surface area contributed by atoms with Crippen LogP contribution in [-0.2, 0) is 17.6 Å². The number of amides is 1. The second-order valence-electron chi connectivity index (χ2n) is 5.75. The molecule has 9 nitrogen and oxygen atoms in total. The molecule has 0 saturated heterocycles. The predicted octanol–water partition coefficient (Wildman–Crippen LogP) is 0.408. The molecule has 3 aromatic rings. The Morgan fingerprint density at radius 1 is 1.31 bits per heavy atom. The Kier molecular flexibility index (Phi) is 4.85. The molecule has 136 valence electrons. The molecule has 1 amide bonds. The molecular formula is C16H17N5O4S. The first-order valence-corrected chi connectivity index (χ1v) is 8.82. The van der Waals surface area contributed by atoms with Gasteiger partial charge < -0.3 is 4.98 Å². The highest BCUT2D eigenvalue weighted by Crippen LogP contribution is 2.20. The normalized spacial score (nSPS) is 11.0. The van der Waals surface area contributed by atoms with Crippen LogP contribution in [-0.4, -0.2) is 25.5 Å². The van der Waals surface area contributed by atoms with Gasteiger partial charge in [0.15, 0.2) is 0 Å². The van der Waals surface area contributed by atoms with Gasteiger partial charge in [0.1, 0.15) is 11.2 Å². The van der Waals surface area contributed by atoms with Gasteiger partial charge in [-0.1, -0.05) is 6.92 Å². The maximum Gasteiger partial charge on any atom is 0.325 e. The summed E-state index contributed by atoms with van der Waals surface area (Å²) in [5.74, 6) is -0.441. The summed E-state index contributed by atoms with van der Waals surface area (Å²) in [5, 5.41) is 0.461. The summed E-state index contributed by atoms with van der Waals surface area (Å²) >= 11 is 1.45. The summed E-state index contributed by atoms with van der Waals surface area (Å²) in [7, 11) is 0. The van der Waals surface area contributed by atoms with Crippen LogP contribution in [0, 0.1) is 6.92 Å². The molecule has 0 fully saturated rings. The van der Waals surface area contributed by atoms with Crippen LogP contribution in [0.5, 0.6) is 0 Å². The van der Waals surface area contributed by atoms with E-state index in [0.29, 0.717) is 21.5 Å². The minimum Gasteiger partial charge on any atom is -0.311 e. The lowest BCUT2D eigenvalue weighted by Crippen LogP contribution is -2.33. The molecule has 26 heavy (non-hydrogen) atoms. The number of carbonyl (C=O) groups is 1. The Morgan fingerprint density at radius 2 is 2.08 bits per heavy atom. The standard InChI is InChI=1S/C16H17N5O4S/c1-3-9-6-11-14(26-9)17-7-21(15(11)24)20-12(22)5-4-10-8(2)18-16(25)19-13(10)23/h6-7H,3-5H2,1-2H3,(H,20,22)(H2,18,19,23,25). The van der Waals surface area contributed by atoms with Crippen molar-refractivity contribution in [2.45, 2.75) is 33.1 Å². The fraction of sp³-hybridized carbons (Fsp3) is 0.312. The average molecular weight is 375 g/mol. The number of H-pyrrole nitrogens is 2. The van der Waals surface area contributed by atoms with Gasteiger partial charge in [0.2, 0.25) is 5.91 Å². The zero-order valence-corrected chi connectivity index (χ0v) is 15.0. The van der Waals surface area contributed by atoms with Crippen LogP contribution in [0.15, 0.2) is 26.8 Å². The van der Waals surface area contributed by atoms with Gasteiger partial charge in [0.25, 0.3) is 11.1 Å². The number of hydrogen-bond donors (Lipinski definition) is 3. The number of nitrogens with zero attached hydrogens (tertiary/aromatic N) is 2. The van der Waals surface area contributed by atoms with E-state index in [0.717, 1.165) is 16.0 Å². The van der Waals surface area contributed by atoms with E-state index in [4.69, 9.17) is 0 Å². The third-order valence-corrected chi connectivity index (χ3v) is 5.14. The topological polar surface area (TPSA) is 130 Å². The zero-order valence-electron chi connectivity index (χ0n) is 14.2. The number of fused-ring (bicyclic) bond motifs is 1. The molecule has 3 rings (SSSR count). The van der Waals surface area contributed by atoms with Crippen molar-refractivity contribution >= 4 is 27.5 Å². The number of aromatic nitrogens is 4. The van der Waals surface area contributed by atoms with Crippen LogP contribution in [0.3, 0.4) is 0 Å². The number of rotatable bonds is 5. The summed E-state index contributed by atoms with van der Waals surface area (Å²) in [4.78, 5) is 58.0. The second-order valence-corrected chi connectivity index (χ2v) is 6.87. The monoisotopic (exact) mass is 375 g/mol. The molecule has 3 heterocycles. The molecule has 10 heteroatoms. The van der Waals surface area contributed by atoms with E-state index in [1.165, 1.54) is 17.7 Å². The Hall–Kier alpha value is -3.01. The SMILES string of the molecule is CCc1cc2c(=O)n(NC(=O)CCc3c(C)[nH]c(=O)[nH]c3=O)cnc2s1. The maximum atomic E-state index is 12.4. The summed E-state index contributed by atoms with van der Waals surface area (Å²) in [6, 6.07) is 1.78. The van der Waals surface area contributed by atoms with Crippen molar-refractivity contribution in [3.8, 4) is 0 Å². The van der Waals surface area contributed by atoms with Crippen LogP contribution >= 0.6 is 11.3 Å². The van der Waals surface area contributed by atoms with E-state index >= 15 is 0 Å². The smallest absolute Gasteiger partial charge is 0.311 e. The van der Waals surface area contributed by atoms with Gasteiger partial charge in [0.05, 0.1) is 5.39 Å². The minimum absolute atomic E-state index is 0.0235. The van der Waals surface area contributed by atoms with Crippen molar-refractivity contribution in [3.05, 3.63) is 59.7 Å². The minimum atomic E-state index is -0.589. The van der Waals surface area contributed by atoms with Crippen molar-refractivity contribution in [3.63, 3.8) is 0 Å². The van der Waals surface area contributed by atoms with Gasteiger partial charge in [-0.3, -0.25) is 24.8 Å². The average Bonchev–Trinajstić information content (AvgIpc) is 3.00. The van der Waals surface area contributed by atoms with Gasteiger partial charge >= 0.3 is 5.69 Å². The molecule has 0 bridgehead atoms. The molecule has 0 aliphatic rings. The lowest BCUT2D eigenvalue weighted by atomic mass is 10.1. The van der Waals surface area contributed by atoms with E-state index < -0.39 is 17.2 Å².